The minimum atomic E-state index is -0.952. The number of carboxylic acid groups (broad SMARTS) is 1. The Kier molecular flexibility index (Phi) is 5.08. The van der Waals surface area contributed by atoms with Gasteiger partial charge in [-0.1, -0.05) is 23.2 Å². The number of hydrogen-bond acceptors (Lipinski definition) is 3. The molecule has 0 radical (unpaired) electrons. The minimum absolute atomic E-state index is 0.135. The first-order valence-corrected chi connectivity index (χ1v) is 7.25. The first-order valence-electron chi connectivity index (χ1n) is 6.49. The van der Waals surface area contributed by atoms with Crippen LogP contribution in [0.25, 0.3) is 0 Å². The molecule has 21 heavy (non-hydrogen) atoms. The third-order valence-electron chi connectivity index (χ3n) is 3.50. The summed E-state index contributed by atoms with van der Waals surface area (Å²) in [5.41, 5.74) is -0.437. The van der Waals surface area contributed by atoms with Crippen molar-refractivity contribution in [1.82, 2.24) is 5.32 Å². The molecular formula is C14H15Cl2NO4. The number of ether oxygens (including phenoxy) is 1. The molecule has 0 aliphatic carbocycles. The highest BCUT2D eigenvalue weighted by molar-refractivity contribution is 6.42. The summed E-state index contributed by atoms with van der Waals surface area (Å²) < 4.78 is 5.25. The van der Waals surface area contributed by atoms with E-state index in [1.54, 1.807) is 6.07 Å². The van der Waals surface area contributed by atoms with E-state index in [9.17, 15) is 9.59 Å². The molecule has 1 fully saturated rings. The van der Waals surface area contributed by atoms with Crippen LogP contribution in [0, 0.1) is 0 Å². The van der Waals surface area contributed by atoms with Gasteiger partial charge in [-0.2, -0.15) is 0 Å². The van der Waals surface area contributed by atoms with Crippen LogP contribution >= 0.6 is 23.2 Å². The predicted molar refractivity (Wildman–Crippen MR) is 79.0 cm³/mol. The van der Waals surface area contributed by atoms with Gasteiger partial charge in [-0.3, -0.25) is 9.59 Å². The molecule has 1 aliphatic heterocycles. The van der Waals surface area contributed by atoms with Crippen LogP contribution in [-0.4, -0.2) is 35.7 Å². The minimum Gasteiger partial charge on any atom is -0.481 e. The van der Waals surface area contributed by atoms with E-state index in [1.807, 2.05) is 0 Å². The van der Waals surface area contributed by atoms with Gasteiger partial charge in [-0.25, -0.2) is 0 Å². The average molecular weight is 332 g/mol. The molecule has 1 aliphatic rings. The lowest BCUT2D eigenvalue weighted by atomic mass is 9.86. The Hall–Kier alpha value is -1.30. The molecule has 0 spiro atoms. The first-order chi connectivity index (χ1) is 9.92. The number of carbonyl (C=O) groups is 2. The average Bonchev–Trinajstić information content (AvgIpc) is 2.41. The number of hydrogen-bond donors (Lipinski definition) is 2. The van der Waals surface area contributed by atoms with Crippen molar-refractivity contribution < 1.29 is 19.4 Å². The van der Waals surface area contributed by atoms with E-state index in [1.165, 1.54) is 12.1 Å². The molecule has 2 rings (SSSR count). The largest absolute Gasteiger partial charge is 0.481 e. The Morgan fingerprint density at radius 3 is 2.48 bits per heavy atom. The lowest BCUT2D eigenvalue weighted by Crippen LogP contribution is -2.53. The zero-order valence-corrected chi connectivity index (χ0v) is 12.7. The van der Waals surface area contributed by atoms with Crippen LogP contribution in [0.5, 0.6) is 0 Å². The van der Waals surface area contributed by atoms with Gasteiger partial charge in [0.05, 0.1) is 22.0 Å². The van der Waals surface area contributed by atoms with Crippen molar-refractivity contribution in [3.05, 3.63) is 33.8 Å². The zero-order chi connectivity index (χ0) is 15.5. The molecular weight excluding hydrogens is 317 g/mol. The molecule has 2 N–H and O–H groups in total. The monoisotopic (exact) mass is 331 g/mol. The second-order valence-electron chi connectivity index (χ2n) is 5.05. The smallest absolute Gasteiger partial charge is 0.305 e. The Morgan fingerprint density at radius 2 is 1.90 bits per heavy atom. The van der Waals surface area contributed by atoms with Crippen LogP contribution < -0.4 is 5.32 Å². The van der Waals surface area contributed by atoms with Crippen LogP contribution in [0.3, 0.4) is 0 Å². The van der Waals surface area contributed by atoms with Gasteiger partial charge in [0.15, 0.2) is 0 Å². The van der Waals surface area contributed by atoms with Crippen molar-refractivity contribution in [3.63, 3.8) is 0 Å². The summed E-state index contributed by atoms with van der Waals surface area (Å²) in [5.74, 6) is -1.32. The molecule has 1 aromatic carbocycles. The highest BCUT2D eigenvalue weighted by Crippen LogP contribution is 2.27. The molecule has 114 valence electrons. The summed E-state index contributed by atoms with van der Waals surface area (Å²) >= 11 is 11.7. The fraction of sp³-hybridized carbons (Fsp3) is 0.429. The topological polar surface area (TPSA) is 75.6 Å². The van der Waals surface area contributed by atoms with Gasteiger partial charge in [-0.15, -0.1) is 0 Å². The van der Waals surface area contributed by atoms with Crippen LogP contribution in [0.4, 0.5) is 0 Å². The number of halogens is 2. The predicted octanol–water partition coefficient (Wildman–Crippen LogP) is 2.75. The molecule has 1 saturated heterocycles. The molecule has 0 bridgehead atoms. The van der Waals surface area contributed by atoms with Crippen molar-refractivity contribution in [2.45, 2.75) is 24.8 Å². The quantitative estimate of drug-likeness (QED) is 0.889. The third-order valence-corrected chi connectivity index (χ3v) is 4.24. The van der Waals surface area contributed by atoms with Crippen molar-refractivity contribution >= 4 is 35.1 Å². The Morgan fingerprint density at radius 1 is 1.24 bits per heavy atom. The number of nitrogens with one attached hydrogen (secondary N) is 1. The second-order valence-corrected chi connectivity index (χ2v) is 5.86. The number of carbonyl (C=O) groups excluding carboxylic acids is 1. The Bertz CT molecular complexity index is 556. The van der Waals surface area contributed by atoms with Crippen LogP contribution in [0.2, 0.25) is 10.0 Å². The zero-order valence-electron chi connectivity index (χ0n) is 11.2. The fourth-order valence-corrected chi connectivity index (χ4v) is 2.65. The van der Waals surface area contributed by atoms with E-state index in [0.29, 0.717) is 36.6 Å². The standard InChI is InChI=1S/C14H15Cl2NO4/c15-10-2-1-9(7-11(10)16)13(20)17-14(8-12(18)19)3-5-21-6-4-14/h1-2,7H,3-6,8H2,(H,17,20)(H,18,19). The van der Waals surface area contributed by atoms with Gasteiger partial charge in [0.1, 0.15) is 0 Å². The van der Waals surface area contributed by atoms with E-state index >= 15 is 0 Å². The molecule has 1 heterocycles. The van der Waals surface area contributed by atoms with E-state index in [-0.39, 0.29) is 17.4 Å². The molecule has 0 atom stereocenters. The molecule has 0 aromatic heterocycles. The maximum atomic E-state index is 12.3. The summed E-state index contributed by atoms with van der Waals surface area (Å²) in [6.45, 7) is 0.851. The van der Waals surface area contributed by atoms with Crippen molar-refractivity contribution in [1.29, 1.82) is 0 Å². The lowest BCUT2D eigenvalue weighted by Gasteiger charge is -2.36. The van der Waals surface area contributed by atoms with Crippen molar-refractivity contribution in [2.75, 3.05) is 13.2 Å². The molecule has 0 unspecified atom stereocenters. The van der Waals surface area contributed by atoms with Crippen molar-refractivity contribution in [3.8, 4) is 0 Å². The van der Waals surface area contributed by atoms with Crippen LogP contribution in [0.15, 0.2) is 18.2 Å². The highest BCUT2D eigenvalue weighted by Gasteiger charge is 2.36. The van der Waals surface area contributed by atoms with Gasteiger partial charge in [0, 0.05) is 18.8 Å². The molecule has 5 nitrogen and oxygen atoms in total. The van der Waals surface area contributed by atoms with Gasteiger partial charge in [0.25, 0.3) is 5.91 Å². The van der Waals surface area contributed by atoms with E-state index in [0.717, 1.165) is 0 Å². The van der Waals surface area contributed by atoms with Crippen LogP contribution in [0.1, 0.15) is 29.6 Å². The second kappa shape index (κ2) is 6.64. The normalized spacial score (nSPS) is 17.2. The number of rotatable bonds is 4. The van der Waals surface area contributed by atoms with E-state index in [2.05, 4.69) is 5.32 Å². The van der Waals surface area contributed by atoms with E-state index < -0.39 is 11.5 Å². The van der Waals surface area contributed by atoms with Gasteiger partial charge < -0.3 is 15.2 Å². The Labute approximate surface area is 132 Å². The summed E-state index contributed by atoms with van der Waals surface area (Å²) in [5, 5.41) is 12.5. The van der Waals surface area contributed by atoms with E-state index in [4.69, 9.17) is 33.0 Å². The summed E-state index contributed by atoms with van der Waals surface area (Å²) in [4.78, 5) is 23.4. The lowest BCUT2D eigenvalue weighted by molar-refractivity contribution is -0.139. The maximum absolute atomic E-state index is 12.3. The third kappa shape index (κ3) is 4.09. The number of benzene rings is 1. The molecule has 0 saturated carbocycles. The van der Waals surface area contributed by atoms with Gasteiger partial charge in [0.2, 0.25) is 0 Å². The molecule has 7 heteroatoms. The highest BCUT2D eigenvalue weighted by atomic mass is 35.5. The number of amides is 1. The summed E-state index contributed by atoms with van der Waals surface area (Å²) in [6.07, 6.45) is 0.794. The maximum Gasteiger partial charge on any atom is 0.305 e. The fourth-order valence-electron chi connectivity index (χ4n) is 2.35. The van der Waals surface area contributed by atoms with Crippen LogP contribution in [-0.2, 0) is 9.53 Å². The van der Waals surface area contributed by atoms with Gasteiger partial charge >= 0.3 is 5.97 Å². The SMILES string of the molecule is O=C(O)CC1(NC(=O)c2ccc(Cl)c(Cl)c2)CCOCC1. The summed E-state index contributed by atoms with van der Waals surface area (Å²) in [6, 6.07) is 4.55. The number of aliphatic carboxylic acids is 1. The molecule has 1 amide bonds. The Balaban J connectivity index is 2.17. The number of carboxylic acids is 1. The summed E-state index contributed by atoms with van der Waals surface area (Å²) in [7, 11) is 0. The van der Waals surface area contributed by atoms with Crippen molar-refractivity contribution in [2.24, 2.45) is 0 Å². The van der Waals surface area contributed by atoms with Gasteiger partial charge in [-0.05, 0) is 31.0 Å². The first kappa shape index (κ1) is 16.1. The molecule has 1 aromatic rings.